The maximum absolute atomic E-state index is 9.31. The van der Waals surface area contributed by atoms with Crippen LogP contribution in [0.4, 0.5) is 0 Å². The number of aliphatic hydroxyl groups is 1. The minimum atomic E-state index is 0.309. The molecule has 1 atom stereocenters. The first-order chi connectivity index (χ1) is 8.24. The molecule has 0 saturated carbocycles. The van der Waals surface area contributed by atoms with Gasteiger partial charge in [0.15, 0.2) is 0 Å². The van der Waals surface area contributed by atoms with Crippen molar-refractivity contribution >= 4 is 0 Å². The molecule has 0 aromatic rings. The van der Waals surface area contributed by atoms with Crippen molar-refractivity contribution in [2.24, 2.45) is 5.92 Å². The average molecular weight is 242 g/mol. The van der Waals surface area contributed by atoms with Gasteiger partial charge in [0.1, 0.15) is 0 Å². The zero-order valence-electron chi connectivity index (χ0n) is 11.9. The lowest BCUT2D eigenvalue weighted by Gasteiger charge is -2.39. The topological polar surface area (TPSA) is 26.7 Å². The number of rotatable bonds is 7. The molecule has 1 saturated heterocycles. The Bertz CT molecular complexity index is 183. The van der Waals surface area contributed by atoms with Crippen LogP contribution in [0.25, 0.3) is 0 Å². The van der Waals surface area contributed by atoms with Crippen LogP contribution < -0.4 is 0 Å². The summed E-state index contributed by atoms with van der Waals surface area (Å²) in [7, 11) is 0. The summed E-state index contributed by atoms with van der Waals surface area (Å²) in [6, 6.07) is 0.380. The molecule has 0 aromatic heterocycles. The molecule has 1 rings (SSSR count). The van der Waals surface area contributed by atoms with Crippen LogP contribution in [0.1, 0.15) is 40.0 Å². The Kier molecular flexibility index (Phi) is 7.09. The van der Waals surface area contributed by atoms with Crippen molar-refractivity contribution in [3.8, 4) is 0 Å². The van der Waals surface area contributed by atoms with E-state index in [0.717, 1.165) is 25.4 Å². The fourth-order valence-corrected chi connectivity index (χ4v) is 2.73. The van der Waals surface area contributed by atoms with E-state index in [1.807, 2.05) is 0 Å². The molecular formula is C14H30N2O. The first kappa shape index (κ1) is 14.9. The summed E-state index contributed by atoms with van der Waals surface area (Å²) in [5.41, 5.74) is 0. The summed E-state index contributed by atoms with van der Waals surface area (Å²) in [6.07, 6.45) is 3.65. The fraction of sp³-hybridized carbons (Fsp3) is 1.00. The van der Waals surface area contributed by atoms with E-state index >= 15 is 0 Å². The van der Waals surface area contributed by atoms with Gasteiger partial charge in [-0.1, -0.05) is 33.6 Å². The second kappa shape index (κ2) is 8.06. The van der Waals surface area contributed by atoms with E-state index in [1.54, 1.807) is 0 Å². The van der Waals surface area contributed by atoms with Gasteiger partial charge in [0.25, 0.3) is 0 Å². The van der Waals surface area contributed by atoms with Gasteiger partial charge in [0, 0.05) is 38.8 Å². The van der Waals surface area contributed by atoms with Crippen molar-refractivity contribution in [3.05, 3.63) is 0 Å². The molecule has 3 heteroatoms. The lowest BCUT2D eigenvalue weighted by molar-refractivity contribution is 0.0569. The first-order valence-corrected chi connectivity index (χ1v) is 7.32. The molecule has 0 radical (unpaired) electrons. The second-order valence-electron chi connectivity index (χ2n) is 5.26. The van der Waals surface area contributed by atoms with Crippen molar-refractivity contribution in [2.45, 2.75) is 46.1 Å². The van der Waals surface area contributed by atoms with E-state index in [-0.39, 0.29) is 0 Å². The molecule has 3 nitrogen and oxygen atoms in total. The second-order valence-corrected chi connectivity index (χ2v) is 5.26. The van der Waals surface area contributed by atoms with Crippen molar-refractivity contribution in [1.29, 1.82) is 0 Å². The third kappa shape index (κ3) is 4.57. The smallest absolute Gasteiger partial charge is 0.0586 e. The molecular weight excluding hydrogens is 212 g/mol. The van der Waals surface area contributed by atoms with Crippen LogP contribution in [0.3, 0.4) is 0 Å². The molecule has 0 amide bonds. The molecule has 1 N–H and O–H groups in total. The fourth-order valence-electron chi connectivity index (χ4n) is 2.73. The van der Waals surface area contributed by atoms with Crippen LogP contribution in [0.15, 0.2) is 0 Å². The monoisotopic (exact) mass is 242 g/mol. The number of piperazine rings is 1. The highest BCUT2D eigenvalue weighted by Crippen LogP contribution is 2.13. The molecule has 17 heavy (non-hydrogen) atoms. The van der Waals surface area contributed by atoms with Gasteiger partial charge in [-0.25, -0.2) is 0 Å². The average Bonchev–Trinajstić information content (AvgIpc) is 2.39. The van der Waals surface area contributed by atoms with Crippen molar-refractivity contribution < 1.29 is 5.11 Å². The Morgan fingerprint density at radius 3 is 1.94 bits per heavy atom. The molecule has 1 aliphatic heterocycles. The van der Waals surface area contributed by atoms with Crippen LogP contribution >= 0.6 is 0 Å². The van der Waals surface area contributed by atoms with Crippen LogP contribution in [0.5, 0.6) is 0 Å². The van der Waals surface area contributed by atoms with Gasteiger partial charge < -0.3 is 10.0 Å². The summed E-state index contributed by atoms with van der Waals surface area (Å²) in [4.78, 5) is 5.04. The molecule has 0 bridgehead atoms. The standard InChI is InChI=1S/C14H30N2O/c1-4-13(5-2)11-15-7-9-16(10-8-15)14(6-3)12-17/h13-14,17H,4-12H2,1-3H3. The van der Waals surface area contributed by atoms with Crippen LogP contribution in [0, 0.1) is 5.92 Å². The molecule has 0 aliphatic carbocycles. The number of hydrogen-bond acceptors (Lipinski definition) is 3. The normalized spacial score (nSPS) is 21.0. The van der Waals surface area contributed by atoms with Crippen molar-refractivity contribution in [1.82, 2.24) is 9.80 Å². The van der Waals surface area contributed by atoms with Gasteiger partial charge in [-0.05, 0) is 12.3 Å². The van der Waals surface area contributed by atoms with Crippen molar-refractivity contribution in [3.63, 3.8) is 0 Å². The SMILES string of the molecule is CCC(CC)CN1CCN(C(CC)CO)CC1. The zero-order chi connectivity index (χ0) is 12.7. The highest BCUT2D eigenvalue weighted by molar-refractivity contribution is 4.78. The Balaban J connectivity index is 2.30. The molecule has 0 spiro atoms. The Labute approximate surface area is 107 Å². The first-order valence-electron chi connectivity index (χ1n) is 7.32. The van der Waals surface area contributed by atoms with E-state index in [0.29, 0.717) is 12.6 Å². The number of nitrogens with zero attached hydrogens (tertiary/aromatic N) is 2. The van der Waals surface area contributed by atoms with Gasteiger partial charge in [0.05, 0.1) is 6.61 Å². The van der Waals surface area contributed by atoms with E-state index in [2.05, 4.69) is 30.6 Å². The predicted molar refractivity (Wildman–Crippen MR) is 73.2 cm³/mol. The van der Waals surface area contributed by atoms with Gasteiger partial charge in [-0.3, -0.25) is 4.90 Å². The van der Waals surface area contributed by atoms with E-state index in [9.17, 15) is 5.11 Å². The summed E-state index contributed by atoms with van der Waals surface area (Å²) in [5.74, 6) is 0.862. The van der Waals surface area contributed by atoms with E-state index in [1.165, 1.54) is 32.5 Å². The number of hydrogen-bond donors (Lipinski definition) is 1. The molecule has 102 valence electrons. The highest BCUT2D eigenvalue weighted by Gasteiger charge is 2.22. The Morgan fingerprint density at radius 2 is 1.53 bits per heavy atom. The lowest BCUT2D eigenvalue weighted by Crippen LogP contribution is -2.52. The molecule has 1 heterocycles. The molecule has 1 fully saturated rings. The molecule has 0 aromatic carbocycles. The van der Waals surface area contributed by atoms with Crippen LogP contribution in [-0.2, 0) is 0 Å². The third-order valence-electron chi connectivity index (χ3n) is 4.28. The largest absolute Gasteiger partial charge is 0.395 e. The summed E-state index contributed by atoms with van der Waals surface area (Å²) < 4.78 is 0. The maximum Gasteiger partial charge on any atom is 0.0586 e. The van der Waals surface area contributed by atoms with Gasteiger partial charge in [0.2, 0.25) is 0 Å². The Hall–Kier alpha value is -0.120. The Morgan fingerprint density at radius 1 is 0.941 bits per heavy atom. The zero-order valence-corrected chi connectivity index (χ0v) is 11.9. The van der Waals surface area contributed by atoms with E-state index < -0.39 is 0 Å². The van der Waals surface area contributed by atoms with Gasteiger partial charge in [-0.15, -0.1) is 0 Å². The summed E-state index contributed by atoms with van der Waals surface area (Å²) >= 11 is 0. The minimum Gasteiger partial charge on any atom is -0.395 e. The summed E-state index contributed by atoms with van der Waals surface area (Å²) in [5, 5.41) is 9.31. The maximum atomic E-state index is 9.31. The van der Waals surface area contributed by atoms with E-state index in [4.69, 9.17) is 0 Å². The quantitative estimate of drug-likeness (QED) is 0.737. The van der Waals surface area contributed by atoms with Gasteiger partial charge in [-0.2, -0.15) is 0 Å². The molecule has 1 aliphatic rings. The number of aliphatic hydroxyl groups excluding tert-OH is 1. The minimum absolute atomic E-state index is 0.309. The van der Waals surface area contributed by atoms with Crippen LogP contribution in [-0.4, -0.2) is 60.3 Å². The van der Waals surface area contributed by atoms with Crippen LogP contribution in [0.2, 0.25) is 0 Å². The third-order valence-corrected chi connectivity index (χ3v) is 4.28. The van der Waals surface area contributed by atoms with Crippen molar-refractivity contribution in [2.75, 3.05) is 39.3 Å². The van der Waals surface area contributed by atoms with Gasteiger partial charge >= 0.3 is 0 Å². The highest BCUT2D eigenvalue weighted by atomic mass is 16.3. The predicted octanol–water partition coefficient (Wildman–Crippen LogP) is 1.81. The summed E-state index contributed by atoms with van der Waals surface area (Å²) in [6.45, 7) is 12.9. The molecule has 1 unspecified atom stereocenters. The lowest BCUT2D eigenvalue weighted by atomic mass is 10.0.